The molecule has 3 nitrogen and oxygen atoms in total. The highest BCUT2D eigenvalue weighted by Crippen LogP contribution is 2.44. The minimum absolute atomic E-state index is 0.144. The average molecular weight is 394 g/mol. The van der Waals surface area contributed by atoms with Gasteiger partial charge >= 0.3 is 0 Å². The van der Waals surface area contributed by atoms with E-state index in [4.69, 9.17) is 9.73 Å². The number of benzene rings is 2. The van der Waals surface area contributed by atoms with Gasteiger partial charge in [0, 0.05) is 14.6 Å². The Morgan fingerprint density at radius 2 is 1.54 bits per heavy atom. The number of aliphatic imine (C=N–C) groups is 1. The topological polar surface area (TPSA) is 24.8 Å². The Labute approximate surface area is 170 Å². The second-order valence-corrected chi connectivity index (χ2v) is 11.0. The molecule has 0 radical (unpaired) electrons. The van der Waals surface area contributed by atoms with Crippen LogP contribution in [0.15, 0.2) is 65.7 Å². The van der Waals surface area contributed by atoms with Gasteiger partial charge in [0.1, 0.15) is 6.61 Å². The van der Waals surface area contributed by atoms with E-state index in [0.29, 0.717) is 0 Å². The first-order valence-electron chi connectivity index (χ1n) is 10.4. The molecule has 2 heterocycles. The zero-order valence-corrected chi connectivity index (χ0v) is 18.1. The van der Waals surface area contributed by atoms with E-state index in [2.05, 4.69) is 86.1 Å². The van der Waals surface area contributed by atoms with Gasteiger partial charge in [-0.2, -0.15) is 0 Å². The molecule has 148 valence electrons. The van der Waals surface area contributed by atoms with Crippen molar-refractivity contribution in [3.8, 4) is 0 Å². The maximum absolute atomic E-state index is 6.20. The molecule has 4 rings (SSSR count). The van der Waals surface area contributed by atoms with Gasteiger partial charge in [-0.1, -0.05) is 87.9 Å². The third kappa shape index (κ3) is 4.16. The van der Waals surface area contributed by atoms with Crippen LogP contribution >= 0.6 is 8.07 Å². The molecule has 0 saturated carbocycles. The lowest BCUT2D eigenvalue weighted by Crippen LogP contribution is -2.45. The Bertz CT molecular complexity index is 761. The molecule has 1 saturated heterocycles. The molecule has 0 aromatic heterocycles. The molecular weight excluding hydrogens is 363 g/mol. The second kappa shape index (κ2) is 8.35. The minimum atomic E-state index is -0.594. The van der Waals surface area contributed by atoms with Crippen molar-refractivity contribution in [2.24, 2.45) is 10.4 Å². The van der Waals surface area contributed by atoms with Crippen LogP contribution in [0.3, 0.4) is 0 Å². The Morgan fingerprint density at radius 1 is 0.929 bits per heavy atom. The van der Waals surface area contributed by atoms with Crippen LogP contribution in [0.4, 0.5) is 0 Å². The third-order valence-electron chi connectivity index (χ3n) is 5.69. The van der Waals surface area contributed by atoms with Gasteiger partial charge in [-0.05, 0) is 28.9 Å². The van der Waals surface area contributed by atoms with Crippen LogP contribution in [0.2, 0.25) is 0 Å². The molecule has 2 atom stereocenters. The van der Waals surface area contributed by atoms with E-state index in [-0.39, 0.29) is 17.5 Å². The van der Waals surface area contributed by atoms with Gasteiger partial charge in [0.25, 0.3) is 0 Å². The fourth-order valence-corrected chi connectivity index (χ4v) is 6.64. The predicted octanol–water partition coefficient (Wildman–Crippen LogP) is 4.73. The van der Waals surface area contributed by atoms with E-state index in [0.717, 1.165) is 25.5 Å². The molecule has 0 bridgehead atoms. The number of nitrogens with zero attached hydrogens (tertiary/aromatic N) is 2. The van der Waals surface area contributed by atoms with Crippen LogP contribution in [0, 0.1) is 5.41 Å². The maximum Gasteiger partial charge on any atom is 0.201 e. The fraction of sp³-hybridized carbons (Fsp3) is 0.458. The lowest BCUT2D eigenvalue weighted by Gasteiger charge is -2.40. The molecular formula is C24H31N2OP. The molecule has 2 aliphatic rings. The van der Waals surface area contributed by atoms with Gasteiger partial charge in [-0.15, -0.1) is 0 Å². The van der Waals surface area contributed by atoms with Crippen LogP contribution in [-0.4, -0.2) is 35.8 Å². The first kappa shape index (κ1) is 19.6. The summed E-state index contributed by atoms with van der Waals surface area (Å²) in [6, 6.07) is 22.5. The van der Waals surface area contributed by atoms with Gasteiger partial charge in [0.15, 0.2) is 0 Å². The molecule has 0 amide bonds. The Balaban J connectivity index is 1.70. The monoisotopic (exact) mass is 394 g/mol. The first-order valence-corrected chi connectivity index (χ1v) is 11.7. The van der Waals surface area contributed by atoms with Crippen molar-refractivity contribution in [2.45, 2.75) is 52.1 Å². The molecule has 2 aliphatic heterocycles. The molecule has 2 aromatic rings. The van der Waals surface area contributed by atoms with E-state index < -0.39 is 8.07 Å². The molecule has 4 heteroatoms. The summed E-state index contributed by atoms with van der Waals surface area (Å²) in [5.74, 6) is 0.971. The lowest BCUT2D eigenvalue weighted by molar-refractivity contribution is 0.217. The van der Waals surface area contributed by atoms with Crippen molar-refractivity contribution in [1.82, 2.24) is 4.67 Å². The van der Waals surface area contributed by atoms with Crippen molar-refractivity contribution in [3.63, 3.8) is 0 Å². The summed E-state index contributed by atoms with van der Waals surface area (Å²) in [7, 11) is -0.594. The second-order valence-electron chi connectivity index (χ2n) is 8.82. The zero-order valence-electron chi connectivity index (χ0n) is 17.2. The third-order valence-corrected chi connectivity index (χ3v) is 8.26. The van der Waals surface area contributed by atoms with Crippen LogP contribution in [0.1, 0.15) is 40.0 Å². The summed E-state index contributed by atoms with van der Waals surface area (Å²) < 4.78 is 8.89. The van der Waals surface area contributed by atoms with Crippen molar-refractivity contribution in [3.05, 3.63) is 60.7 Å². The smallest absolute Gasteiger partial charge is 0.201 e. The van der Waals surface area contributed by atoms with Crippen LogP contribution < -0.4 is 10.6 Å². The van der Waals surface area contributed by atoms with Crippen molar-refractivity contribution in [2.75, 3.05) is 13.2 Å². The molecule has 28 heavy (non-hydrogen) atoms. The average Bonchev–Trinajstić information content (AvgIpc) is 3.21. The van der Waals surface area contributed by atoms with E-state index >= 15 is 0 Å². The number of ether oxygens (including phenoxy) is 1. The van der Waals surface area contributed by atoms with E-state index in [9.17, 15) is 0 Å². The van der Waals surface area contributed by atoms with Gasteiger partial charge in [-0.25, -0.2) is 4.99 Å². The fourth-order valence-electron chi connectivity index (χ4n) is 4.01. The number of hydrogen-bond donors (Lipinski definition) is 0. The molecule has 0 N–H and O–H groups in total. The summed E-state index contributed by atoms with van der Waals surface area (Å²) in [6.45, 7) is 8.59. The Kier molecular flexibility index (Phi) is 5.85. The van der Waals surface area contributed by atoms with Gasteiger partial charge in [-0.3, -0.25) is 4.67 Å². The highest BCUT2D eigenvalue weighted by molar-refractivity contribution is 7.70. The zero-order chi connectivity index (χ0) is 19.6. The quantitative estimate of drug-likeness (QED) is 0.700. The van der Waals surface area contributed by atoms with Crippen molar-refractivity contribution < 1.29 is 4.74 Å². The molecule has 1 fully saturated rings. The molecule has 0 aliphatic carbocycles. The van der Waals surface area contributed by atoms with Gasteiger partial charge in [0.2, 0.25) is 5.90 Å². The summed E-state index contributed by atoms with van der Waals surface area (Å²) in [5, 5.41) is 2.81. The van der Waals surface area contributed by atoms with Gasteiger partial charge < -0.3 is 4.74 Å². The Morgan fingerprint density at radius 3 is 2.07 bits per heavy atom. The highest BCUT2D eigenvalue weighted by atomic mass is 31.1. The number of hydrogen-bond acceptors (Lipinski definition) is 3. The van der Waals surface area contributed by atoms with Crippen LogP contribution in [0.5, 0.6) is 0 Å². The van der Waals surface area contributed by atoms with E-state index in [1.54, 1.807) is 0 Å². The molecule has 0 spiro atoms. The minimum Gasteiger partial charge on any atom is -0.478 e. The predicted molar refractivity (Wildman–Crippen MR) is 120 cm³/mol. The summed E-state index contributed by atoms with van der Waals surface area (Å²) in [5.41, 5.74) is 0.144. The van der Waals surface area contributed by atoms with Gasteiger partial charge in [0.05, 0.1) is 12.1 Å². The summed E-state index contributed by atoms with van der Waals surface area (Å²) in [6.07, 6.45) is 3.62. The largest absolute Gasteiger partial charge is 0.478 e. The van der Waals surface area contributed by atoms with Crippen LogP contribution in [0.25, 0.3) is 0 Å². The van der Waals surface area contributed by atoms with Crippen molar-refractivity contribution in [1.29, 1.82) is 0 Å². The lowest BCUT2D eigenvalue weighted by atomic mass is 9.88. The molecule has 0 unspecified atom stereocenters. The Hall–Kier alpha value is -1.70. The SMILES string of the molecule is CC(C)(C)[C@@H]1COC([C@@H]2CCCCN2P(c2ccccc2)c2ccccc2)=N1. The molecule has 2 aromatic carbocycles. The first-order chi connectivity index (χ1) is 13.5. The summed E-state index contributed by atoms with van der Waals surface area (Å²) in [4.78, 5) is 5.07. The van der Waals surface area contributed by atoms with E-state index in [1.165, 1.54) is 23.5 Å². The van der Waals surface area contributed by atoms with Crippen LogP contribution in [-0.2, 0) is 4.74 Å². The van der Waals surface area contributed by atoms with E-state index in [1.807, 2.05) is 0 Å². The maximum atomic E-state index is 6.20. The highest BCUT2D eigenvalue weighted by Gasteiger charge is 2.39. The number of rotatable bonds is 4. The van der Waals surface area contributed by atoms with Crippen molar-refractivity contribution >= 4 is 24.6 Å². The summed E-state index contributed by atoms with van der Waals surface area (Å²) >= 11 is 0. The normalized spacial score (nSPS) is 23.5. The standard InChI is InChI=1S/C24H31N2OP/c1-24(2,3)22-18-27-23(25-22)21-16-10-11-17-26(21)28(19-12-6-4-7-13-19)20-14-8-5-9-15-20/h4-9,12-15,21-22H,10-11,16-18H2,1-3H3/t21-,22-/m0/s1. The number of piperidine rings is 1.